The maximum absolute atomic E-state index is 12.4. The van der Waals surface area contributed by atoms with Crippen LogP contribution in [0.15, 0.2) is 36.4 Å². The molecule has 3 aromatic rings. The average molecular weight is 385 g/mol. The Morgan fingerprint density at radius 2 is 1.59 bits per heavy atom. The second-order valence-electron chi connectivity index (χ2n) is 5.85. The van der Waals surface area contributed by atoms with Gasteiger partial charge < -0.3 is 4.74 Å². The summed E-state index contributed by atoms with van der Waals surface area (Å²) >= 11 is 5.88. The van der Waals surface area contributed by atoms with Gasteiger partial charge in [-0.1, -0.05) is 11.6 Å². The number of amides is 2. The summed E-state index contributed by atoms with van der Waals surface area (Å²) in [6, 6.07) is 9.56. The minimum absolute atomic E-state index is 0.248. The second-order valence-corrected chi connectivity index (χ2v) is 6.29. The largest absolute Gasteiger partial charge is 0.496 e. The maximum Gasteiger partial charge on any atom is 0.273 e. The van der Waals surface area contributed by atoms with E-state index in [-0.39, 0.29) is 5.56 Å². The number of aryl methyl sites for hydroxylation is 2. The van der Waals surface area contributed by atoms with Crippen LogP contribution >= 0.6 is 11.6 Å². The van der Waals surface area contributed by atoms with Crippen LogP contribution in [-0.2, 0) is 0 Å². The molecule has 0 saturated heterocycles. The van der Waals surface area contributed by atoms with E-state index in [0.29, 0.717) is 27.4 Å². The predicted octanol–water partition coefficient (Wildman–Crippen LogP) is 2.98. The molecular weight excluding hydrogens is 368 g/mol. The lowest BCUT2D eigenvalue weighted by molar-refractivity contribution is 0.0845. The normalized spacial score (nSPS) is 10.5. The molecule has 1 heterocycles. The number of fused-ring (bicyclic) bond motifs is 1. The number of halogens is 1. The molecule has 0 aliphatic heterocycles. The Hall–Kier alpha value is -3.19. The molecule has 3 rings (SSSR count). The van der Waals surface area contributed by atoms with Crippen LogP contribution in [0.4, 0.5) is 0 Å². The summed E-state index contributed by atoms with van der Waals surface area (Å²) in [5, 5.41) is 0.440. The molecule has 0 aliphatic rings. The summed E-state index contributed by atoms with van der Waals surface area (Å²) in [7, 11) is 1.43. The van der Waals surface area contributed by atoms with Gasteiger partial charge in [-0.05, 0) is 50.2 Å². The third-order valence-corrected chi connectivity index (χ3v) is 4.27. The van der Waals surface area contributed by atoms with Crippen LogP contribution in [0, 0.1) is 13.8 Å². The summed E-state index contributed by atoms with van der Waals surface area (Å²) in [4.78, 5) is 33.5. The Morgan fingerprint density at radius 3 is 2.30 bits per heavy atom. The summed E-state index contributed by atoms with van der Waals surface area (Å²) < 4.78 is 5.13. The van der Waals surface area contributed by atoms with Crippen LogP contribution in [0.3, 0.4) is 0 Å². The fourth-order valence-electron chi connectivity index (χ4n) is 2.48. The van der Waals surface area contributed by atoms with Crippen molar-refractivity contribution in [2.24, 2.45) is 0 Å². The van der Waals surface area contributed by atoms with Gasteiger partial charge in [-0.15, -0.1) is 0 Å². The molecule has 0 radical (unpaired) electrons. The number of hydrazine groups is 1. The van der Waals surface area contributed by atoms with Gasteiger partial charge in [0.05, 0.1) is 35.1 Å². The van der Waals surface area contributed by atoms with Crippen LogP contribution in [0.25, 0.3) is 11.0 Å². The Labute approximate surface area is 160 Å². The number of aromatic nitrogens is 2. The minimum Gasteiger partial charge on any atom is -0.496 e. The zero-order chi connectivity index (χ0) is 19.6. The van der Waals surface area contributed by atoms with Crippen LogP contribution < -0.4 is 15.6 Å². The van der Waals surface area contributed by atoms with Gasteiger partial charge >= 0.3 is 0 Å². The van der Waals surface area contributed by atoms with Gasteiger partial charge in [-0.25, -0.2) is 9.97 Å². The van der Waals surface area contributed by atoms with Gasteiger partial charge in [0.25, 0.3) is 11.8 Å². The van der Waals surface area contributed by atoms with Gasteiger partial charge in [-0.3, -0.25) is 20.4 Å². The topological polar surface area (TPSA) is 93.2 Å². The minimum atomic E-state index is -0.524. The molecular formula is C19H17ClN4O3. The first-order valence-corrected chi connectivity index (χ1v) is 8.46. The van der Waals surface area contributed by atoms with Gasteiger partial charge in [0.1, 0.15) is 5.75 Å². The number of rotatable bonds is 3. The van der Waals surface area contributed by atoms with Crippen molar-refractivity contribution in [3.05, 3.63) is 63.9 Å². The van der Waals surface area contributed by atoms with E-state index >= 15 is 0 Å². The van der Waals surface area contributed by atoms with E-state index < -0.39 is 11.8 Å². The third kappa shape index (κ3) is 3.98. The summed E-state index contributed by atoms with van der Waals surface area (Å²) in [5.41, 5.74) is 8.28. The lowest BCUT2D eigenvalue weighted by atomic mass is 10.1. The number of carbonyl (C=O) groups excluding carboxylic acids is 2. The van der Waals surface area contributed by atoms with Crippen LogP contribution in [0.2, 0.25) is 5.02 Å². The number of benzene rings is 2. The Balaban J connectivity index is 1.75. The molecule has 0 atom stereocenters. The first-order chi connectivity index (χ1) is 12.9. The lowest BCUT2D eigenvalue weighted by Crippen LogP contribution is -2.41. The van der Waals surface area contributed by atoms with Gasteiger partial charge in [-0.2, -0.15) is 0 Å². The molecule has 2 amide bonds. The second kappa shape index (κ2) is 7.59. The highest BCUT2D eigenvalue weighted by Crippen LogP contribution is 2.22. The van der Waals surface area contributed by atoms with E-state index in [1.54, 1.807) is 24.3 Å². The van der Waals surface area contributed by atoms with Crippen LogP contribution in [-0.4, -0.2) is 28.9 Å². The zero-order valence-electron chi connectivity index (χ0n) is 15.0. The maximum atomic E-state index is 12.4. The quantitative estimate of drug-likeness (QED) is 0.677. The zero-order valence-corrected chi connectivity index (χ0v) is 15.7. The fourth-order valence-corrected chi connectivity index (χ4v) is 2.64. The fraction of sp³-hybridized carbons (Fsp3) is 0.158. The molecule has 8 heteroatoms. The highest BCUT2D eigenvalue weighted by molar-refractivity contribution is 6.30. The molecule has 138 valence electrons. The van der Waals surface area contributed by atoms with E-state index in [9.17, 15) is 9.59 Å². The molecule has 0 fully saturated rings. The number of nitrogens with zero attached hydrogens (tertiary/aromatic N) is 2. The van der Waals surface area contributed by atoms with Crippen molar-refractivity contribution in [1.29, 1.82) is 0 Å². The average Bonchev–Trinajstić information content (AvgIpc) is 2.66. The van der Waals surface area contributed by atoms with Crippen molar-refractivity contribution in [2.75, 3.05) is 7.11 Å². The Kier molecular flexibility index (Phi) is 5.23. The number of hydrogen-bond donors (Lipinski definition) is 2. The van der Waals surface area contributed by atoms with Crippen LogP contribution in [0.1, 0.15) is 32.1 Å². The number of ether oxygens (including phenoxy) is 1. The highest BCUT2D eigenvalue weighted by Gasteiger charge is 2.14. The molecule has 7 nitrogen and oxygen atoms in total. The van der Waals surface area contributed by atoms with Crippen molar-refractivity contribution < 1.29 is 14.3 Å². The molecule has 2 aromatic carbocycles. The molecule has 27 heavy (non-hydrogen) atoms. The Morgan fingerprint density at radius 1 is 0.926 bits per heavy atom. The first-order valence-electron chi connectivity index (χ1n) is 8.08. The van der Waals surface area contributed by atoms with E-state index in [2.05, 4.69) is 20.8 Å². The molecule has 2 N–H and O–H groups in total. The third-order valence-electron chi connectivity index (χ3n) is 4.04. The lowest BCUT2D eigenvalue weighted by Gasteiger charge is -2.11. The molecule has 1 aromatic heterocycles. The van der Waals surface area contributed by atoms with E-state index in [0.717, 1.165) is 11.4 Å². The number of methoxy groups -OCH3 is 1. The van der Waals surface area contributed by atoms with Crippen molar-refractivity contribution in [3.8, 4) is 5.75 Å². The molecule has 0 spiro atoms. The summed E-state index contributed by atoms with van der Waals surface area (Å²) in [6.45, 7) is 3.73. The predicted molar refractivity (Wildman–Crippen MR) is 102 cm³/mol. The van der Waals surface area contributed by atoms with Crippen molar-refractivity contribution in [2.45, 2.75) is 13.8 Å². The van der Waals surface area contributed by atoms with Crippen LogP contribution in [0.5, 0.6) is 5.75 Å². The summed E-state index contributed by atoms with van der Waals surface area (Å²) in [6.07, 6.45) is 0. The highest BCUT2D eigenvalue weighted by atomic mass is 35.5. The van der Waals surface area contributed by atoms with Gasteiger partial charge in [0.15, 0.2) is 0 Å². The molecule has 0 aliphatic carbocycles. The van der Waals surface area contributed by atoms with E-state index in [1.165, 1.54) is 19.2 Å². The van der Waals surface area contributed by atoms with E-state index in [1.807, 2.05) is 13.8 Å². The van der Waals surface area contributed by atoms with Crippen molar-refractivity contribution in [1.82, 2.24) is 20.8 Å². The number of nitrogens with one attached hydrogen (secondary N) is 2. The van der Waals surface area contributed by atoms with Crippen molar-refractivity contribution in [3.63, 3.8) is 0 Å². The SMILES string of the molecule is COc1cc(Cl)ccc1C(=O)NNC(=O)c1ccc2nc(C)c(C)nc2c1. The summed E-state index contributed by atoms with van der Waals surface area (Å²) in [5.74, 6) is -0.691. The molecule has 0 saturated carbocycles. The molecule has 0 bridgehead atoms. The van der Waals surface area contributed by atoms with Gasteiger partial charge in [0, 0.05) is 10.6 Å². The first kappa shape index (κ1) is 18.6. The smallest absolute Gasteiger partial charge is 0.273 e. The molecule has 0 unspecified atom stereocenters. The number of carbonyl (C=O) groups is 2. The standard InChI is InChI=1S/C19H17ClN4O3/c1-10-11(2)22-16-8-12(4-7-15(16)21-10)18(25)23-24-19(26)14-6-5-13(20)9-17(14)27-3/h4-9H,1-3H3,(H,23,25)(H,24,26). The van der Waals surface area contributed by atoms with Crippen molar-refractivity contribution >= 4 is 34.4 Å². The monoisotopic (exact) mass is 384 g/mol. The Bertz CT molecular complexity index is 1050. The van der Waals surface area contributed by atoms with E-state index in [4.69, 9.17) is 16.3 Å². The number of hydrogen-bond acceptors (Lipinski definition) is 5. The van der Waals surface area contributed by atoms with Gasteiger partial charge in [0.2, 0.25) is 0 Å².